The predicted molar refractivity (Wildman–Crippen MR) is 88.4 cm³/mol. The third-order valence-electron chi connectivity index (χ3n) is 3.11. The van der Waals surface area contributed by atoms with Gasteiger partial charge in [-0.3, -0.25) is 4.79 Å². The van der Waals surface area contributed by atoms with Crippen molar-refractivity contribution in [2.24, 2.45) is 11.8 Å². The second kappa shape index (κ2) is 7.92. The number of carbonyl (C=O) groups is 3. The van der Waals surface area contributed by atoms with Crippen LogP contribution in [0.5, 0.6) is 0 Å². The van der Waals surface area contributed by atoms with Crippen molar-refractivity contribution in [2.75, 3.05) is 0 Å². The molecule has 0 aromatic heterocycles. The summed E-state index contributed by atoms with van der Waals surface area (Å²) >= 11 is 0. The van der Waals surface area contributed by atoms with Gasteiger partial charge in [0.15, 0.2) is 5.78 Å². The van der Waals surface area contributed by atoms with E-state index in [0.717, 1.165) is 0 Å². The molecule has 0 saturated heterocycles. The van der Waals surface area contributed by atoms with Crippen molar-refractivity contribution in [3.05, 3.63) is 35.4 Å². The molecule has 7 heteroatoms. The van der Waals surface area contributed by atoms with Gasteiger partial charge in [-0.2, -0.15) is 5.90 Å². The van der Waals surface area contributed by atoms with Crippen LogP contribution in [0.2, 0.25) is 0 Å². The smallest absolute Gasteiger partial charge is 0.408 e. The molecule has 1 rings (SSSR count). The van der Waals surface area contributed by atoms with Gasteiger partial charge in [0.2, 0.25) is 0 Å². The summed E-state index contributed by atoms with van der Waals surface area (Å²) in [6.07, 6.45) is -0.674. The summed E-state index contributed by atoms with van der Waals surface area (Å²) in [6, 6.07) is 5.18. The maximum Gasteiger partial charge on any atom is 0.408 e. The molecule has 132 valence electrons. The van der Waals surface area contributed by atoms with Gasteiger partial charge >= 0.3 is 12.1 Å². The number of ketones is 1. The molecule has 0 aliphatic rings. The van der Waals surface area contributed by atoms with Crippen molar-refractivity contribution in [2.45, 2.75) is 46.3 Å². The molecule has 0 aliphatic heterocycles. The minimum Gasteiger partial charge on any atom is -0.444 e. The van der Waals surface area contributed by atoms with Crippen LogP contribution in [0.4, 0.5) is 4.79 Å². The van der Waals surface area contributed by atoms with E-state index in [2.05, 4.69) is 10.2 Å². The molecule has 7 nitrogen and oxygen atoms in total. The lowest BCUT2D eigenvalue weighted by Gasteiger charge is -2.25. The van der Waals surface area contributed by atoms with E-state index in [4.69, 9.17) is 10.6 Å². The summed E-state index contributed by atoms with van der Waals surface area (Å²) in [5.74, 6) is 3.61. The number of amides is 1. The van der Waals surface area contributed by atoms with Gasteiger partial charge in [-0.05, 0) is 38.8 Å². The first-order valence-electron chi connectivity index (χ1n) is 7.60. The summed E-state index contributed by atoms with van der Waals surface area (Å²) in [6.45, 7) is 8.82. The Hall–Kier alpha value is -2.41. The summed E-state index contributed by atoms with van der Waals surface area (Å²) in [5.41, 5.74) is -0.241. The van der Waals surface area contributed by atoms with Gasteiger partial charge in [-0.15, -0.1) is 0 Å². The Bertz CT molecular complexity index is 620. The molecule has 1 aromatic rings. The molecule has 0 heterocycles. The van der Waals surface area contributed by atoms with E-state index in [-0.39, 0.29) is 22.8 Å². The molecule has 0 radical (unpaired) electrons. The number of carbonyl (C=O) groups excluding carboxylic acids is 3. The normalized spacial score (nSPS) is 12.5. The lowest BCUT2D eigenvalue weighted by atomic mass is 9.94. The SMILES string of the molecule is CC(C)[C@H](NC(=O)OC(C)(C)C)C(=O)c1cccc(C(=O)ON)c1. The molecule has 0 spiro atoms. The number of nitrogens with two attached hydrogens (primary N) is 1. The number of benzene rings is 1. The molecule has 1 amide bonds. The third-order valence-corrected chi connectivity index (χ3v) is 3.11. The number of Topliss-reactive ketones (excluding diaryl/α,β-unsaturated/α-hetero) is 1. The van der Waals surface area contributed by atoms with Gasteiger partial charge in [0.1, 0.15) is 5.60 Å². The highest BCUT2D eigenvalue weighted by molar-refractivity contribution is 6.03. The first-order valence-corrected chi connectivity index (χ1v) is 7.60. The van der Waals surface area contributed by atoms with Crippen LogP contribution in [0.25, 0.3) is 0 Å². The molecule has 0 saturated carbocycles. The largest absolute Gasteiger partial charge is 0.444 e. The Morgan fingerprint density at radius 2 is 1.71 bits per heavy atom. The fourth-order valence-corrected chi connectivity index (χ4v) is 2.02. The number of alkyl carbamates (subject to hydrolysis) is 1. The first-order chi connectivity index (χ1) is 11.0. The Morgan fingerprint density at radius 3 is 2.21 bits per heavy atom. The maximum absolute atomic E-state index is 12.7. The zero-order chi connectivity index (χ0) is 18.5. The third kappa shape index (κ3) is 5.66. The van der Waals surface area contributed by atoms with Crippen LogP contribution in [-0.4, -0.2) is 29.5 Å². The van der Waals surface area contributed by atoms with Crippen molar-refractivity contribution in [1.82, 2.24) is 5.32 Å². The summed E-state index contributed by atoms with van der Waals surface area (Å²) in [4.78, 5) is 40.3. The molecule has 24 heavy (non-hydrogen) atoms. The molecule has 0 fully saturated rings. The van der Waals surface area contributed by atoms with E-state index in [1.165, 1.54) is 12.1 Å². The lowest BCUT2D eigenvalue weighted by Crippen LogP contribution is -2.46. The minimum absolute atomic E-state index is 0.156. The van der Waals surface area contributed by atoms with E-state index in [1.807, 2.05) is 0 Å². The average molecular weight is 336 g/mol. The fraction of sp³-hybridized carbons (Fsp3) is 0.471. The Balaban J connectivity index is 2.99. The van der Waals surface area contributed by atoms with E-state index in [1.54, 1.807) is 46.8 Å². The molecule has 0 aliphatic carbocycles. The van der Waals surface area contributed by atoms with Gasteiger partial charge in [-0.1, -0.05) is 26.0 Å². The lowest BCUT2D eigenvalue weighted by molar-refractivity contribution is 0.0472. The Morgan fingerprint density at radius 1 is 1.12 bits per heavy atom. The minimum atomic E-state index is -0.788. The summed E-state index contributed by atoms with van der Waals surface area (Å²) in [5, 5.41) is 2.58. The molecular formula is C17H24N2O5. The summed E-state index contributed by atoms with van der Waals surface area (Å²) < 4.78 is 5.19. The van der Waals surface area contributed by atoms with Gasteiger partial charge in [0.05, 0.1) is 11.6 Å². The molecule has 1 aromatic carbocycles. The molecule has 1 atom stereocenters. The van der Waals surface area contributed by atoms with E-state index in [9.17, 15) is 14.4 Å². The Labute approximate surface area is 141 Å². The number of rotatable bonds is 5. The van der Waals surface area contributed by atoms with Gasteiger partial charge in [0, 0.05) is 5.56 Å². The van der Waals surface area contributed by atoms with Crippen LogP contribution < -0.4 is 11.2 Å². The second-order valence-corrected chi connectivity index (χ2v) is 6.72. The highest BCUT2D eigenvalue weighted by Gasteiger charge is 2.28. The van der Waals surface area contributed by atoms with Gasteiger partial charge in [-0.25, -0.2) is 9.59 Å². The number of ether oxygens (including phenoxy) is 1. The van der Waals surface area contributed by atoms with E-state index in [0.29, 0.717) is 0 Å². The Kier molecular flexibility index (Phi) is 6.48. The van der Waals surface area contributed by atoms with Crippen LogP contribution in [-0.2, 0) is 9.57 Å². The van der Waals surface area contributed by atoms with E-state index < -0.39 is 23.7 Å². The number of nitrogens with one attached hydrogen (secondary N) is 1. The van der Waals surface area contributed by atoms with Crippen molar-refractivity contribution in [3.8, 4) is 0 Å². The van der Waals surface area contributed by atoms with Crippen molar-refractivity contribution < 1.29 is 24.0 Å². The zero-order valence-corrected chi connectivity index (χ0v) is 14.6. The highest BCUT2D eigenvalue weighted by atomic mass is 16.7. The molecular weight excluding hydrogens is 312 g/mol. The van der Waals surface area contributed by atoms with Crippen molar-refractivity contribution in [1.29, 1.82) is 0 Å². The van der Waals surface area contributed by atoms with Crippen LogP contribution in [0.1, 0.15) is 55.3 Å². The van der Waals surface area contributed by atoms with Crippen LogP contribution in [0, 0.1) is 5.92 Å². The van der Waals surface area contributed by atoms with Crippen LogP contribution in [0.15, 0.2) is 24.3 Å². The topological polar surface area (TPSA) is 108 Å². The quantitative estimate of drug-likeness (QED) is 0.631. The monoisotopic (exact) mass is 336 g/mol. The standard InChI is InChI=1S/C17H24N2O5/c1-10(2)13(19-16(22)23-17(3,4)5)14(20)11-7-6-8-12(9-11)15(21)24-18/h6-10,13H,18H2,1-5H3,(H,19,22)/t13-/m0/s1. The fourth-order valence-electron chi connectivity index (χ4n) is 2.02. The first kappa shape index (κ1) is 19.6. The molecule has 0 bridgehead atoms. The summed E-state index contributed by atoms with van der Waals surface area (Å²) in [7, 11) is 0. The van der Waals surface area contributed by atoms with Crippen LogP contribution in [0.3, 0.4) is 0 Å². The van der Waals surface area contributed by atoms with Gasteiger partial charge < -0.3 is 14.9 Å². The molecule has 3 N–H and O–H groups in total. The van der Waals surface area contributed by atoms with Crippen LogP contribution >= 0.6 is 0 Å². The van der Waals surface area contributed by atoms with Crippen molar-refractivity contribution in [3.63, 3.8) is 0 Å². The predicted octanol–water partition coefficient (Wildman–Crippen LogP) is 2.45. The number of hydrogen-bond donors (Lipinski definition) is 2. The zero-order valence-electron chi connectivity index (χ0n) is 14.6. The van der Waals surface area contributed by atoms with E-state index >= 15 is 0 Å². The second-order valence-electron chi connectivity index (χ2n) is 6.72. The highest BCUT2D eigenvalue weighted by Crippen LogP contribution is 2.14. The number of hydrogen-bond acceptors (Lipinski definition) is 6. The molecule has 0 unspecified atom stereocenters. The van der Waals surface area contributed by atoms with Gasteiger partial charge in [0.25, 0.3) is 0 Å². The average Bonchev–Trinajstić information content (AvgIpc) is 2.49. The maximum atomic E-state index is 12.7. The van der Waals surface area contributed by atoms with Crippen molar-refractivity contribution >= 4 is 17.8 Å².